The van der Waals surface area contributed by atoms with Crippen molar-refractivity contribution in [1.29, 1.82) is 0 Å². The summed E-state index contributed by atoms with van der Waals surface area (Å²) in [7, 11) is 1.50. The molecule has 0 saturated carbocycles. The number of aliphatic hydroxyl groups excluding tert-OH is 1. The summed E-state index contributed by atoms with van der Waals surface area (Å²) in [5, 5.41) is 16.3. The Kier molecular flexibility index (Phi) is 7.09. The summed E-state index contributed by atoms with van der Waals surface area (Å²) >= 11 is 1.32. The molecule has 6 nitrogen and oxygen atoms in total. The van der Waals surface area contributed by atoms with Crippen molar-refractivity contribution in [1.82, 2.24) is 10.6 Å². The predicted molar refractivity (Wildman–Crippen MR) is 72.2 cm³/mol. The van der Waals surface area contributed by atoms with Gasteiger partial charge in [0.25, 0.3) is 5.91 Å². The molecule has 1 atom stereocenters. The molecule has 0 fully saturated rings. The lowest BCUT2D eigenvalue weighted by atomic mass is 10.2. The van der Waals surface area contributed by atoms with Gasteiger partial charge in [0.2, 0.25) is 5.91 Å². The third-order valence-corrected chi connectivity index (χ3v) is 3.18. The van der Waals surface area contributed by atoms with Crippen LogP contribution in [-0.4, -0.2) is 49.8 Å². The molecule has 1 heterocycles. The van der Waals surface area contributed by atoms with E-state index in [2.05, 4.69) is 10.6 Å². The van der Waals surface area contributed by atoms with Crippen LogP contribution in [-0.2, 0) is 9.53 Å². The fraction of sp³-hybridized carbons (Fsp3) is 0.500. The first-order valence-electron chi connectivity index (χ1n) is 5.89. The lowest BCUT2D eigenvalue weighted by Gasteiger charge is -2.10. The molecular weight excluding hydrogens is 268 g/mol. The molecular formula is C12H18N2O4S. The van der Waals surface area contributed by atoms with Gasteiger partial charge in [-0.3, -0.25) is 9.59 Å². The first kappa shape index (κ1) is 15.6. The average molecular weight is 286 g/mol. The summed E-state index contributed by atoms with van der Waals surface area (Å²) in [4.78, 5) is 23.5. The van der Waals surface area contributed by atoms with Crippen LogP contribution in [0.3, 0.4) is 0 Å². The highest BCUT2D eigenvalue weighted by molar-refractivity contribution is 7.12. The number of amides is 2. The lowest BCUT2D eigenvalue weighted by molar-refractivity contribution is -0.120. The second-order valence-corrected chi connectivity index (χ2v) is 4.86. The molecule has 7 heteroatoms. The largest absolute Gasteiger partial charge is 0.391 e. The fourth-order valence-corrected chi connectivity index (χ4v) is 2.01. The summed E-state index contributed by atoms with van der Waals surface area (Å²) in [6.45, 7) is 0.514. The first-order chi connectivity index (χ1) is 9.13. The molecule has 1 rings (SSSR count). The SMILES string of the molecule is COCC(O)CCNC(=O)CNC(=O)c1cccs1. The Bertz CT molecular complexity index is 394. The zero-order valence-corrected chi connectivity index (χ0v) is 11.5. The van der Waals surface area contributed by atoms with Crippen LogP contribution in [0.1, 0.15) is 16.1 Å². The normalized spacial score (nSPS) is 11.9. The summed E-state index contributed by atoms with van der Waals surface area (Å²) in [6.07, 6.45) is -0.177. The quantitative estimate of drug-likeness (QED) is 0.627. The summed E-state index contributed by atoms with van der Waals surface area (Å²) < 4.78 is 4.76. The van der Waals surface area contributed by atoms with E-state index in [1.165, 1.54) is 18.4 Å². The van der Waals surface area contributed by atoms with E-state index < -0.39 is 6.10 Å². The van der Waals surface area contributed by atoms with Crippen LogP contribution in [0, 0.1) is 0 Å². The zero-order chi connectivity index (χ0) is 14.1. The van der Waals surface area contributed by atoms with Gasteiger partial charge in [0, 0.05) is 13.7 Å². The number of ether oxygens (including phenoxy) is 1. The first-order valence-corrected chi connectivity index (χ1v) is 6.77. The van der Waals surface area contributed by atoms with Crippen molar-refractivity contribution in [2.45, 2.75) is 12.5 Å². The Hall–Kier alpha value is -1.44. The summed E-state index contributed by atoms with van der Waals surface area (Å²) in [5.41, 5.74) is 0. The molecule has 0 saturated heterocycles. The molecule has 0 spiro atoms. The smallest absolute Gasteiger partial charge is 0.261 e. The minimum Gasteiger partial charge on any atom is -0.391 e. The standard InChI is InChI=1S/C12H18N2O4S/c1-18-8-9(15)4-5-13-11(16)7-14-12(17)10-3-2-6-19-10/h2-3,6,9,15H,4-5,7-8H2,1H3,(H,13,16)(H,14,17). The number of nitrogens with one attached hydrogen (secondary N) is 2. The van der Waals surface area contributed by atoms with E-state index in [9.17, 15) is 14.7 Å². The molecule has 0 aliphatic rings. The number of carbonyl (C=O) groups is 2. The second kappa shape index (κ2) is 8.63. The number of aliphatic hydroxyl groups is 1. The summed E-state index contributed by atoms with van der Waals surface area (Å²) in [5.74, 6) is -0.543. The van der Waals surface area contributed by atoms with E-state index in [0.717, 1.165) is 0 Å². The highest BCUT2D eigenvalue weighted by atomic mass is 32.1. The monoisotopic (exact) mass is 286 g/mol. The topological polar surface area (TPSA) is 87.7 Å². The molecule has 106 valence electrons. The van der Waals surface area contributed by atoms with Gasteiger partial charge in [-0.2, -0.15) is 0 Å². The van der Waals surface area contributed by atoms with Crippen LogP contribution >= 0.6 is 11.3 Å². The maximum Gasteiger partial charge on any atom is 0.261 e. The van der Waals surface area contributed by atoms with Crippen molar-refractivity contribution in [2.75, 3.05) is 26.8 Å². The Morgan fingerprint density at radius 1 is 1.47 bits per heavy atom. The molecule has 0 aromatic carbocycles. The van der Waals surface area contributed by atoms with E-state index >= 15 is 0 Å². The summed E-state index contributed by atoms with van der Waals surface area (Å²) in [6, 6.07) is 3.47. The zero-order valence-electron chi connectivity index (χ0n) is 10.7. The van der Waals surface area contributed by atoms with Crippen molar-refractivity contribution in [2.24, 2.45) is 0 Å². The molecule has 2 amide bonds. The van der Waals surface area contributed by atoms with Crippen LogP contribution in [0.15, 0.2) is 17.5 Å². The number of thiophene rings is 1. The second-order valence-electron chi connectivity index (χ2n) is 3.91. The van der Waals surface area contributed by atoms with Gasteiger partial charge in [-0.25, -0.2) is 0 Å². The number of hydrogen-bond donors (Lipinski definition) is 3. The predicted octanol–water partition coefficient (Wildman–Crippen LogP) is -0.00850. The lowest BCUT2D eigenvalue weighted by Crippen LogP contribution is -2.38. The van der Waals surface area contributed by atoms with Gasteiger partial charge in [0.1, 0.15) is 0 Å². The molecule has 0 bridgehead atoms. The fourth-order valence-electron chi connectivity index (χ4n) is 1.37. The van der Waals surface area contributed by atoms with Crippen LogP contribution in [0.2, 0.25) is 0 Å². The Labute approximate surface area is 115 Å². The number of rotatable bonds is 8. The number of methoxy groups -OCH3 is 1. The Morgan fingerprint density at radius 3 is 2.89 bits per heavy atom. The van der Waals surface area contributed by atoms with Gasteiger partial charge in [-0.15, -0.1) is 11.3 Å². The van der Waals surface area contributed by atoms with Crippen LogP contribution in [0.5, 0.6) is 0 Å². The van der Waals surface area contributed by atoms with E-state index in [4.69, 9.17) is 4.74 Å². The van der Waals surface area contributed by atoms with E-state index in [1.807, 2.05) is 0 Å². The van der Waals surface area contributed by atoms with Crippen LogP contribution < -0.4 is 10.6 Å². The highest BCUT2D eigenvalue weighted by Gasteiger charge is 2.09. The maximum atomic E-state index is 11.5. The van der Waals surface area contributed by atoms with E-state index in [1.54, 1.807) is 17.5 Å². The average Bonchev–Trinajstić information content (AvgIpc) is 2.90. The van der Waals surface area contributed by atoms with E-state index in [-0.39, 0.29) is 25.0 Å². The van der Waals surface area contributed by atoms with Gasteiger partial charge in [-0.05, 0) is 17.9 Å². The van der Waals surface area contributed by atoms with Gasteiger partial charge in [-0.1, -0.05) is 6.07 Å². The van der Waals surface area contributed by atoms with Crippen molar-refractivity contribution < 1.29 is 19.4 Å². The van der Waals surface area contributed by atoms with Gasteiger partial charge in [0.05, 0.1) is 24.1 Å². The number of hydrogen-bond acceptors (Lipinski definition) is 5. The molecule has 1 aromatic heterocycles. The van der Waals surface area contributed by atoms with Crippen molar-refractivity contribution in [3.05, 3.63) is 22.4 Å². The molecule has 1 unspecified atom stereocenters. The molecule has 0 aliphatic heterocycles. The van der Waals surface area contributed by atoms with E-state index in [0.29, 0.717) is 17.8 Å². The Morgan fingerprint density at radius 2 is 2.26 bits per heavy atom. The van der Waals surface area contributed by atoms with Crippen molar-refractivity contribution in [3.8, 4) is 0 Å². The Balaban J connectivity index is 2.13. The minimum atomic E-state index is -0.592. The minimum absolute atomic E-state index is 0.0723. The maximum absolute atomic E-state index is 11.5. The van der Waals surface area contributed by atoms with Crippen LogP contribution in [0.25, 0.3) is 0 Å². The third-order valence-electron chi connectivity index (χ3n) is 2.31. The highest BCUT2D eigenvalue weighted by Crippen LogP contribution is 2.07. The van der Waals surface area contributed by atoms with Gasteiger partial charge >= 0.3 is 0 Å². The number of carbonyl (C=O) groups excluding carboxylic acids is 2. The molecule has 0 aliphatic carbocycles. The van der Waals surface area contributed by atoms with Crippen molar-refractivity contribution >= 4 is 23.2 Å². The van der Waals surface area contributed by atoms with Crippen molar-refractivity contribution in [3.63, 3.8) is 0 Å². The molecule has 19 heavy (non-hydrogen) atoms. The molecule has 3 N–H and O–H groups in total. The third kappa shape index (κ3) is 6.32. The molecule has 0 radical (unpaired) electrons. The van der Waals surface area contributed by atoms with Gasteiger partial charge < -0.3 is 20.5 Å². The van der Waals surface area contributed by atoms with Gasteiger partial charge in [0.15, 0.2) is 0 Å². The molecule has 1 aromatic rings. The van der Waals surface area contributed by atoms with Crippen LogP contribution in [0.4, 0.5) is 0 Å².